The van der Waals surface area contributed by atoms with Crippen molar-refractivity contribution in [3.05, 3.63) is 10.4 Å². The molecule has 15 heteroatoms. The molecule has 0 aliphatic carbocycles. The zero-order valence-electron chi connectivity index (χ0n) is 19.8. The zero-order chi connectivity index (χ0) is 26.0. The lowest BCUT2D eigenvalue weighted by molar-refractivity contribution is -0.139. The van der Waals surface area contributed by atoms with Crippen molar-refractivity contribution >= 4 is 17.8 Å². The highest BCUT2D eigenvalue weighted by Gasteiger charge is 2.14. The summed E-state index contributed by atoms with van der Waals surface area (Å²) in [6, 6.07) is -0.551. The topological polar surface area (TPSA) is 208 Å². The summed E-state index contributed by atoms with van der Waals surface area (Å²) in [5, 5.41) is 23.3. The molecule has 0 aromatic heterocycles. The number of aliphatic carboxylic acids is 2. The van der Waals surface area contributed by atoms with E-state index in [9.17, 15) is 14.4 Å². The van der Waals surface area contributed by atoms with Crippen molar-refractivity contribution < 1.29 is 53.0 Å². The first-order chi connectivity index (χ1) is 17.0. The van der Waals surface area contributed by atoms with Crippen LogP contribution in [0, 0.1) is 0 Å². The minimum Gasteiger partial charge on any atom is -0.481 e. The molecule has 0 aliphatic heterocycles. The summed E-state index contributed by atoms with van der Waals surface area (Å²) in [5.74, 6) is -2.31. The molecule has 0 aliphatic rings. The van der Waals surface area contributed by atoms with Gasteiger partial charge in [0.15, 0.2) is 0 Å². The Kier molecular flexibility index (Phi) is 22.8. The SMILES string of the molecule is [N-]=[N+]=NCCOCCOCCOCCOCCC(=O)NC(COCCC(=O)O)COCCC(=O)O. The lowest BCUT2D eigenvalue weighted by atomic mass is 10.3. The number of carbonyl (C=O) groups excluding carboxylic acids is 1. The number of carboxylic acids is 2. The molecule has 0 rings (SSSR count). The molecule has 0 radical (unpaired) electrons. The second-order valence-electron chi connectivity index (χ2n) is 6.86. The Hall–Kier alpha value is -2.52. The van der Waals surface area contributed by atoms with E-state index >= 15 is 0 Å². The van der Waals surface area contributed by atoms with Gasteiger partial charge in [0, 0.05) is 17.9 Å². The highest BCUT2D eigenvalue weighted by atomic mass is 16.6. The molecule has 35 heavy (non-hydrogen) atoms. The predicted octanol–water partition coefficient (Wildman–Crippen LogP) is 0.221. The number of hydrogen-bond acceptors (Lipinski definition) is 10. The molecule has 0 aromatic carbocycles. The molecule has 0 saturated carbocycles. The molecular weight excluding hydrogens is 472 g/mol. The molecule has 0 bridgehead atoms. The van der Waals surface area contributed by atoms with E-state index < -0.39 is 18.0 Å². The Morgan fingerprint density at radius 3 is 1.57 bits per heavy atom. The minimum absolute atomic E-state index is 0.0162. The van der Waals surface area contributed by atoms with E-state index in [-0.39, 0.29) is 64.7 Å². The van der Waals surface area contributed by atoms with Crippen LogP contribution in [0.25, 0.3) is 10.4 Å². The normalized spacial score (nSPS) is 10.8. The molecule has 0 fully saturated rings. The van der Waals surface area contributed by atoms with Gasteiger partial charge in [-0.2, -0.15) is 0 Å². The zero-order valence-corrected chi connectivity index (χ0v) is 19.8. The van der Waals surface area contributed by atoms with Gasteiger partial charge in [-0.05, 0) is 5.53 Å². The molecule has 0 atom stereocenters. The molecule has 202 valence electrons. The first-order valence-corrected chi connectivity index (χ1v) is 11.2. The van der Waals surface area contributed by atoms with Gasteiger partial charge in [0.25, 0.3) is 0 Å². The van der Waals surface area contributed by atoms with Crippen molar-refractivity contribution in [3.8, 4) is 0 Å². The minimum atomic E-state index is -0.998. The van der Waals surface area contributed by atoms with E-state index in [2.05, 4.69) is 15.3 Å². The number of carbonyl (C=O) groups is 3. The van der Waals surface area contributed by atoms with Crippen molar-refractivity contribution in [1.82, 2.24) is 5.32 Å². The van der Waals surface area contributed by atoms with Gasteiger partial charge in [-0.25, -0.2) is 0 Å². The average Bonchev–Trinajstić information content (AvgIpc) is 2.81. The molecule has 3 N–H and O–H groups in total. The number of carboxylic acid groups (broad SMARTS) is 2. The molecule has 0 heterocycles. The Morgan fingerprint density at radius 1 is 0.686 bits per heavy atom. The molecule has 0 spiro atoms. The van der Waals surface area contributed by atoms with Crippen LogP contribution >= 0.6 is 0 Å². The fourth-order valence-corrected chi connectivity index (χ4v) is 2.28. The van der Waals surface area contributed by atoms with E-state index in [1.807, 2.05) is 0 Å². The van der Waals surface area contributed by atoms with Crippen molar-refractivity contribution in [3.63, 3.8) is 0 Å². The maximum absolute atomic E-state index is 12.1. The van der Waals surface area contributed by atoms with Crippen molar-refractivity contribution in [2.75, 3.05) is 85.8 Å². The first-order valence-electron chi connectivity index (χ1n) is 11.2. The molecule has 15 nitrogen and oxygen atoms in total. The number of azide groups is 1. The summed E-state index contributed by atoms with van der Waals surface area (Å²) in [6.45, 7) is 3.06. The highest BCUT2D eigenvalue weighted by Crippen LogP contribution is 1.95. The first kappa shape index (κ1) is 32.5. The second kappa shape index (κ2) is 24.6. The van der Waals surface area contributed by atoms with Gasteiger partial charge >= 0.3 is 11.9 Å². The summed E-state index contributed by atoms with van der Waals surface area (Å²) in [5.41, 5.74) is 8.11. The fraction of sp³-hybridized carbons (Fsp3) is 0.850. The van der Waals surface area contributed by atoms with Crippen LogP contribution < -0.4 is 5.32 Å². The van der Waals surface area contributed by atoms with Crippen molar-refractivity contribution in [2.24, 2.45) is 5.11 Å². The maximum atomic E-state index is 12.1. The van der Waals surface area contributed by atoms with E-state index in [1.54, 1.807) is 0 Å². The van der Waals surface area contributed by atoms with Gasteiger partial charge in [0.2, 0.25) is 5.91 Å². The number of hydrogen-bond donors (Lipinski definition) is 3. The van der Waals surface area contributed by atoms with Gasteiger partial charge in [-0.3, -0.25) is 14.4 Å². The van der Waals surface area contributed by atoms with E-state index in [0.29, 0.717) is 46.2 Å². The maximum Gasteiger partial charge on any atom is 0.305 e. The standard InChI is InChI=1S/C20H36N4O11/c21-24-22-4-8-31-10-12-33-14-13-32-11-9-30-5-1-18(25)23-17(15-34-6-2-19(26)27)16-35-7-3-20(28)29/h17H,1-16H2,(H,23,25)(H,26,27)(H,28,29). The average molecular weight is 509 g/mol. The second-order valence-corrected chi connectivity index (χ2v) is 6.86. The van der Waals surface area contributed by atoms with Gasteiger partial charge in [-0.1, -0.05) is 5.11 Å². The predicted molar refractivity (Wildman–Crippen MR) is 120 cm³/mol. The Balaban J connectivity index is 3.77. The van der Waals surface area contributed by atoms with Crippen LogP contribution in [0.4, 0.5) is 0 Å². The van der Waals surface area contributed by atoms with Crippen LogP contribution in [0.3, 0.4) is 0 Å². The van der Waals surface area contributed by atoms with Crippen LogP contribution in [-0.4, -0.2) is 120 Å². The Bertz CT molecular complexity index is 596. The smallest absolute Gasteiger partial charge is 0.305 e. The molecule has 0 unspecified atom stereocenters. The van der Waals surface area contributed by atoms with Gasteiger partial charge < -0.3 is 44.0 Å². The third-order valence-electron chi connectivity index (χ3n) is 3.91. The third-order valence-corrected chi connectivity index (χ3v) is 3.91. The van der Waals surface area contributed by atoms with Gasteiger partial charge in [0.1, 0.15) is 0 Å². The van der Waals surface area contributed by atoms with Crippen LogP contribution in [0.5, 0.6) is 0 Å². The lowest BCUT2D eigenvalue weighted by Crippen LogP contribution is -2.42. The highest BCUT2D eigenvalue weighted by molar-refractivity contribution is 5.76. The summed E-state index contributed by atoms with van der Waals surface area (Å²) >= 11 is 0. The lowest BCUT2D eigenvalue weighted by Gasteiger charge is -2.19. The van der Waals surface area contributed by atoms with Crippen molar-refractivity contribution in [1.29, 1.82) is 0 Å². The Labute approximate surface area is 203 Å². The van der Waals surface area contributed by atoms with Gasteiger partial charge in [-0.15, -0.1) is 0 Å². The van der Waals surface area contributed by atoms with E-state index in [4.69, 9.17) is 44.2 Å². The fourth-order valence-electron chi connectivity index (χ4n) is 2.28. The molecule has 1 amide bonds. The number of nitrogens with zero attached hydrogens (tertiary/aromatic N) is 3. The molecular formula is C20H36N4O11. The summed E-state index contributed by atoms with van der Waals surface area (Å²) < 4.78 is 31.7. The van der Waals surface area contributed by atoms with Crippen molar-refractivity contribution in [2.45, 2.75) is 25.3 Å². The van der Waals surface area contributed by atoms with Crippen LogP contribution in [-0.2, 0) is 42.8 Å². The number of ether oxygens (including phenoxy) is 6. The number of rotatable bonds is 26. The largest absolute Gasteiger partial charge is 0.481 e. The van der Waals surface area contributed by atoms with Crippen LogP contribution in [0.1, 0.15) is 19.3 Å². The van der Waals surface area contributed by atoms with E-state index in [1.165, 1.54) is 0 Å². The van der Waals surface area contributed by atoms with Gasteiger partial charge in [0.05, 0.1) is 98.2 Å². The molecule has 0 saturated heterocycles. The quantitative estimate of drug-likeness (QED) is 0.0623. The third kappa shape index (κ3) is 25.9. The number of amides is 1. The van der Waals surface area contributed by atoms with Crippen LogP contribution in [0.2, 0.25) is 0 Å². The van der Waals surface area contributed by atoms with Crippen LogP contribution in [0.15, 0.2) is 5.11 Å². The van der Waals surface area contributed by atoms with E-state index in [0.717, 1.165) is 0 Å². The summed E-state index contributed by atoms with van der Waals surface area (Å²) in [7, 11) is 0. The number of nitrogens with one attached hydrogen (secondary N) is 1. The monoisotopic (exact) mass is 508 g/mol. The summed E-state index contributed by atoms with van der Waals surface area (Å²) in [4.78, 5) is 35.8. The summed E-state index contributed by atoms with van der Waals surface area (Å²) in [6.07, 6.45) is -0.252. The molecule has 0 aromatic rings. The Morgan fingerprint density at radius 2 is 1.11 bits per heavy atom.